The fourth-order valence-corrected chi connectivity index (χ4v) is 6.67. The molecule has 3 rings (SSSR count). The predicted molar refractivity (Wildman–Crippen MR) is 126 cm³/mol. The van der Waals surface area contributed by atoms with E-state index >= 15 is 0 Å². The fraction of sp³-hybridized carbons (Fsp3) is 0.778. The van der Waals surface area contributed by atoms with E-state index in [9.17, 15) is 24.1 Å². The second-order valence-corrected chi connectivity index (χ2v) is 11.3. The first-order chi connectivity index (χ1) is 15.3. The quantitative estimate of drug-likeness (QED) is 0.427. The molecular formula is C27H42F2O4. The summed E-state index contributed by atoms with van der Waals surface area (Å²) in [6.45, 7) is 8.40. The molecule has 3 aliphatic carbocycles. The number of hydrogen-bond donors (Lipinski definition) is 4. The van der Waals surface area contributed by atoms with Gasteiger partial charge in [-0.05, 0) is 86.2 Å². The van der Waals surface area contributed by atoms with E-state index in [1.165, 1.54) is 5.57 Å². The lowest BCUT2D eigenvalue weighted by atomic mass is 9.60. The van der Waals surface area contributed by atoms with Crippen LogP contribution in [0.25, 0.3) is 0 Å². The molecule has 0 aliphatic heterocycles. The van der Waals surface area contributed by atoms with Gasteiger partial charge in [0.15, 0.2) is 0 Å². The molecule has 0 spiro atoms. The van der Waals surface area contributed by atoms with Crippen LogP contribution in [0.2, 0.25) is 0 Å². The summed E-state index contributed by atoms with van der Waals surface area (Å²) >= 11 is 0. The van der Waals surface area contributed by atoms with Crippen molar-refractivity contribution in [3.05, 3.63) is 35.5 Å². The zero-order valence-electron chi connectivity index (χ0n) is 20.4. The van der Waals surface area contributed by atoms with Crippen LogP contribution < -0.4 is 0 Å². The predicted octanol–water partition coefficient (Wildman–Crippen LogP) is 4.92. The van der Waals surface area contributed by atoms with Crippen molar-refractivity contribution >= 4 is 0 Å². The van der Waals surface area contributed by atoms with E-state index in [1.54, 1.807) is 0 Å². The molecule has 0 aromatic rings. The fourth-order valence-electron chi connectivity index (χ4n) is 6.67. The highest BCUT2D eigenvalue weighted by molar-refractivity contribution is 5.38. The van der Waals surface area contributed by atoms with Crippen molar-refractivity contribution in [2.75, 3.05) is 6.61 Å². The maximum Gasteiger partial charge on any atom is 0.278 e. The van der Waals surface area contributed by atoms with Crippen molar-refractivity contribution in [2.45, 2.75) is 102 Å². The number of aliphatic hydroxyl groups is 4. The highest BCUT2D eigenvalue weighted by Gasteiger charge is 2.52. The first-order valence-corrected chi connectivity index (χ1v) is 12.5. The van der Waals surface area contributed by atoms with E-state index in [1.807, 2.05) is 6.08 Å². The molecule has 6 heteroatoms. The normalized spacial score (nSPS) is 38.4. The van der Waals surface area contributed by atoms with Crippen LogP contribution in [0.3, 0.4) is 0 Å². The van der Waals surface area contributed by atoms with Gasteiger partial charge in [0.05, 0.1) is 18.8 Å². The molecule has 3 fully saturated rings. The molecule has 0 aromatic heterocycles. The van der Waals surface area contributed by atoms with E-state index in [0.717, 1.165) is 44.6 Å². The van der Waals surface area contributed by atoms with Gasteiger partial charge in [-0.15, -0.1) is 0 Å². The number of alkyl halides is 2. The summed E-state index contributed by atoms with van der Waals surface area (Å²) in [6, 6.07) is 0. The van der Waals surface area contributed by atoms with E-state index in [0.29, 0.717) is 36.7 Å². The second kappa shape index (κ2) is 9.88. The molecule has 3 aliphatic rings. The number of hydrogen-bond acceptors (Lipinski definition) is 4. The van der Waals surface area contributed by atoms with Crippen LogP contribution in [0.1, 0.15) is 78.6 Å². The third-order valence-electron chi connectivity index (χ3n) is 9.00. The van der Waals surface area contributed by atoms with Gasteiger partial charge in [-0.3, -0.25) is 0 Å². The first kappa shape index (κ1) is 26.5. The molecule has 0 heterocycles. The summed E-state index contributed by atoms with van der Waals surface area (Å²) in [5.74, 6) is -2.48. The van der Waals surface area contributed by atoms with Crippen LogP contribution in [0.4, 0.5) is 8.78 Å². The summed E-state index contributed by atoms with van der Waals surface area (Å²) in [4.78, 5) is 0. The first-order valence-electron chi connectivity index (χ1n) is 12.5. The molecule has 0 bridgehead atoms. The van der Waals surface area contributed by atoms with Crippen LogP contribution in [-0.4, -0.2) is 50.8 Å². The zero-order valence-corrected chi connectivity index (χ0v) is 20.4. The van der Waals surface area contributed by atoms with Crippen molar-refractivity contribution in [1.29, 1.82) is 0 Å². The smallest absolute Gasteiger partial charge is 0.278 e. The molecule has 0 amide bonds. The summed E-state index contributed by atoms with van der Waals surface area (Å²) in [7, 11) is 0. The Balaban J connectivity index is 1.72. The Morgan fingerprint density at radius 1 is 1.24 bits per heavy atom. The molecule has 0 aromatic carbocycles. The topological polar surface area (TPSA) is 80.9 Å². The van der Waals surface area contributed by atoms with Crippen LogP contribution in [0, 0.1) is 23.2 Å². The number of halogens is 2. The second-order valence-electron chi connectivity index (χ2n) is 11.3. The summed E-state index contributed by atoms with van der Waals surface area (Å²) in [5.41, 5.74) is 0.629. The van der Waals surface area contributed by atoms with Crippen molar-refractivity contribution in [3.63, 3.8) is 0 Å². The van der Waals surface area contributed by atoms with Crippen molar-refractivity contribution in [1.82, 2.24) is 0 Å². The molecule has 7 atom stereocenters. The maximum atomic E-state index is 14.4. The summed E-state index contributed by atoms with van der Waals surface area (Å²) in [6.07, 6.45) is 8.85. The Labute approximate surface area is 197 Å². The van der Waals surface area contributed by atoms with Crippen molar-refractivity contribution in [3.8, 4) is 0 Å². The number of rotatable bonds is 7. The van der Waals surface area contributed by atoms with E-state index < -0.39 is 36.8 Å². The molecule has 0 saturated heterocycles. The highest BCUT2D eigenvalue weighted by Crippen LogP contribution is 2.60. The van der Waals surface area contributed by atoms with Gasteiger partial charge in [-0.1, -0.05) is 38.2 Å². The third-order valence-corrected chi connectivity index (χ3v) is 9.00. The van der Waals surface area contributed by atoms with Gasteiger partial charge < -0.3 is 20.4 Å². The Morgan fingerprint density at radius 3 is 2.61 bits per heavy atom. The monoisotopic (exact) mass is 468 g/mol. The largest absolute Gasteiger partial charge is 0.393 e. The Morgan fingerprint density at radius 2 is 1.94 bits per heavy atom. The lowest BCUT2D eigenvalue weighted by molar-refractivity contribution is -0.194. The Kier molecular flexibility index (Phi) is 7.94. The average molecular weight is 469 g/mol. The maximum absolute atomic E-state index is 14.4. The van der Waals surface area contributed by atoms with Crippen molar-refractivity contribution < 1.29 is 29.2 Å². The van der Waals surface area contributed by atoms with Gasteiger partial charge >= 0.3 is 0 Å². The van der Waals surface area contributed by atoms with Gasteiger partial charge in [0.25, 0.3) is 5.92 Å². The minimum Gasteiger partial charge on any atom is -0.393 e. The average Bonchev–Trinajstić information content (AvgIpc) is 3.11. The standard InChI is InChI=1S/C27H42F2O4/c1-17(11-13-27(28,29)26(4,33)16-30)22-9-10-23-19(6-5-12-25(22,23)3)7-8-20-14-21(31)15-24(32)18(20)2/h7-8,17,21-24,30-33H,2,5-6,9-16H2,1,3-4H3/b19-7+,20-8-/t17-,21-,22-,23+,24+,25-,26-/m1/s1. The van der Waals surface area contributed by atoms with E-state index in [2.05, 4.69) is 26.5 Å². The summed E-state index contributed by atoms with van der Waals surface area (Å²) < 4.78 is 28.9. The molecule has 188 valence electrons. The van der Waals surface area contributed by atoms with Gasteiger partial charge in [0, 0.05) is 12.8 Å². The van der Waals surface area contributed by atoms with Crippen LogP contribution >= 0.6 is 0 Å². The minimum atomic E-state index is -3.32. The van der Waals surface area contributed by atoms with Crippen LogP contribution in [0.5, 0.6) is 0 Å². The van der Waals surface area contributed by atoms with Gasteiger partial charge in [-0.2, -0.15) is 0 Å². The summed E-state index contributed by atoms with van der Waals surface area (Å²) in [5, 5.41) is 39.1. The lowest BCUT2D eigenvalue weighted by Gasteiger charge is -2.44. The van der Waals surface area contributed by atoms with Crippen LogP contribution in [-0.2, 0) is 0 Å². The molecule has 3 saturated carbocycles. The lowest BCUT2D eigenvalue weighted by Crippen LogP contribution is -2.48. The van der Waals surface area contributed by atoms with Crippen molar-refractivity contribution in [2.24, 2.45) is 23.2 Å². The highest BCUT2D eigenvalue weighted by atomic mass is 19.3. The van der Waals surface area contributed by atoms with Gasteiger partial charge in [0.2, 0.25) is 0 Å². The third kappa shape index (κ3) is 5.29. The molecule has 4 N–H and O–H groups in total. The van der Waals surface area contributed by atoms with Gasteiger partial charge in [-0.25, -0.2) is 8.78 Å². The number of aliphatic hydroxyl groups excluding tert-OH is 3. The Bertz CT molecular complexity index is 787. The van der Waals surface area contributed by atoms with Gasteiger partial charge in [0.1, 0.15) is 5.60 Å². The number of allylic oxidation sites excluding steroid dienone is 3. The molecule has 0 unspecified atom stereocenters. The van der Waals surface area contributed by atoms with Crippen LogP contribution in [0.15, 0.2) is 35.5 Å². The SMILES string of the molecule is C=C1/C(=C\C=C2/CCC[C@]3(C)[C@@H]([C@H](C)CCC(F)(F)[C@](C)(O)CO)CC[C@@H]23)C[C@@H](O)C[C@@H]1O. The zero-order chi connectivity index (χ0) is 24.6. The molecular weight excluding hydrogens is 426 g/mol. The minimum absolute atomic E-state index is 0.0550. The Hall–Kier alpha value is -1.08. The van der Waals surface area contributed by atoms with E-state index in [4.69, 9.17) is 5.11 Å². The van der Waals surface area contributed by atoms with E-state index in [-0.39, 0.29) is 11.3 Å². The molecule has 4 nitrogen and oxygen atoms in total. The number of fused-ring (bicyclic) bond motifs is 1. The molecule has 33 heavy (non-hydrogen) atoms. The molecule has 0 radical (unpaired) electrons.